The zero-order chi connectivity index (χ0) is 12.4. The number of hydrogen-bond acceptors (Lipinski definition) is 2. The number of nitrogens with zero attached hydrogens (tertiary/aromatic N) is 2. The van der Waals surface area contributed by atoms with E-state index >= 15 is 0 Å². The molecule has 17 heavy (non-hydrogen) atoms. The zero-order valence-electron chi connectivity index (χ0n) is 11.6. The van der Waals surface area contributed by atoms with Crippen LogP contribution in [-0.4, -0.2) is 22.4 Å². The van der Waals surface area contributed by atoms with E-state index in [9.17, 15) is 0 Å². The third kappa shape index (κ3) is 2.54. The van der Waals surface area contributed by atoms with Crippen LogP contribution < -0.4 is 5.32 Å². The van der Waals surface area contributed by atoms with Crippen molar-refractivity contribution >= 4 is 0 Å². The van der Waals surface area contributed by atoms with Crippen molar-refractivity contribution in [1.82, 2.24) is 15.1 Å². The Bertz CT molecular complexity index is 381. The second-order valence-electron chi connectivity index (χ2n) is 5.36. The molecule has 3 heteroatoms. The molecule has 1 aliphatic carbocycles. The van der Waals surface area contributed by atoms with Crippen molar-refractivity contribution in [2.24, 2.45) is 0 Å². The number of hydrogen-bond donors (Lipinski definition) is 1. The van der Waals surface area contributed by atoms with Gasteiger partial charge in [0.1, 0.15) is 0 Å². The lowest BCUT2D eigenvalue weighted by molar-refractivity contribution is 0.432. The van der Waals surface area contributed by atoms with Gasteiger partial charge in [0.25, 0.3) is 0 Å². The van der Waals surface area contributed by atoms with Crippen LogP contribution in [-0.2, 0) is 0 Å². The largest absolute Gasteiger partial charge is 0.314 e. The maximum absolute atomic E-state index is 4.70. The van der Waals surface area contributed by atoms with Crippen LogP contribution in [0.15, 0.2) is 0 Å². The predicted molar refractivity (Wildman–Crippen MR) is 71.4 cm³/mol. The van der Waals surface area contributed by atoms with E-state index in [-0.39, 0.29) is 0 Å². The zero-order valence-corrected chi connectivity index (χ0v) is 11.6. The molecule has 3 nitrogen and oxygen atoms in total. The summed E-state index contributed by atoms with van der Waals surface area (Å²) in [4.78, 5) is 0. The van der Waals surface area contributed by atoms with Crippen molar-refractivity contribution in [2.45, 2.75) is 65.5 Å². The van der Waals surface area contributed by atoms with E-state index in [0.29, 0.717) is 12.1 Å². The molecule has 96 valence electrons. The molecule has 0 amide bonds. The topological polar surface area (TPSA) is 29.9 Å². The van der Waals surface area contributed by atoms with E-state index in [1.165, 1.54) is 42.6 Å². The summed E-state index contributed by atoms with van der Waals surface area (Å²) in [6.07, 6.45) is 5.02. The van der Waals surface area contributed by atoms with Crippen LogP contribution in [0.4, 0.5) is 0 Å². The van der Waals surface area contributed by atoms with Crippen LogP contribution >= 0.6 is 0 Å². The molecule has 1 aromatic rings. The lowest BCUT2D eigenvalue weighted by Gasteiger charge is -2.14. The SMILES string of the molecule is CCCNC1CCC(n2nc(C)c(C)c2C)C1. The summed E-state index contributed by atoms with van der Waals surface area (Å²) in [5.74, 6) is 0. The Morgan fingerprint density at radius 1 is 1.29 bits per heavy atom. The van der Waals surface area contributed by atoms with Crippen molar-refractivity contribution in [2.75, 3.05) is 6.54 Å². The molecular weight excluding hydrogens is 210 g/mol. The number of aromatic nitrogens is 2. The molecule has 1 aliphatic rings. The van der Waals surface area contributed by atoms with Gasteiger partial charge in [0.15, 0.2) is 0 Å². The average molecular weight is 235 g/mol. The monoisotopic (exact) mass is 235 g/mol. The Kier molecular flexibility index (Phi) is 3.87. The normalized spacial score (nSPS) is 24.5. The van der Waals surface area contributed by atoms with Crippen LogP contribution in [0, 0.1) is 20.8 Å². The Labute approximate surface area is 105 Å². The average Bonchev–Trinajstić information content (AvgIpc) is 2.87. The lowest BCUT2D eigenvalue weighted by Crippen LogP contribution is -2.27. The number of aryl methyl sites for hydroxylation is 1. The summed E-state index contributed by atoms with van der Waals surface area (Å²) in [6, 6.07) is 1.31. The third-order valence-corrected chi connectivity index (χ3v) is 4.12. The third-order valence-electron chi connectivity index (χ3n) is 4.12. The minimum Gasteiger partial charge on any atom is -0.314 e. The number of rotatable bonds is 4. The molecule has 0 radical (unpaired) electrons. The lowest BCUT2D eigenvalue weighted by atomic mass is 10.2. The van der Waals surface area contributed by atoms with E-state index in [4.69, 9.17) is 5.10 Å². The molecule has 0 saturated heterocycles. The summed E-state index contributed by atoms with van der Waals surface area (Å²) < 4.78 is 2.26. The van der Waals surface area contributed by atoms with Crippen molar-refractivity contribution in [3.63, 3.8) is 0 Å². The smallest absolute Gasteiger partial charge is 0.0625 e. The molecule has 0 aromatic carbocycles. The van der Waals surface area contributed by atoms with E-state index in [2.05, 4.69) is 37.7 Å². The van der Waals surface area contributed by atoms with Crippen molar-refractivity contribution in [3.8, 4) is 0 Å². The van der Waals surface area contributed by atoms with Crippen molar-refractivity contribution < 1.29 is 0 Å². The summed E-state index contributed by atoms with van der Waals surface area (Å²) >= 11 is 0. The van der Waals surface area contributed by atoms with Gasteiger partial charge in [-0.05, 0) is 58.6 Å². The first kappa shape index (κ1) is 12.6. The fourth-order valence-electron chi connectivity index (χ4n) is 2.81. The first-order valence-electron chi connectivity index (χ1n) is 6.89. The first-order valence-corrected chi connectivity index (χ1v) is 6.89. The summed E-state index contributed by atoms with van der Waals surface area (Å²) in [5, 5.41) is 8.33. The van der Waals surface area contributed by atoms with Gasteiger partial charge in [0, 0.05) is 11.7 Å². The quantitative estimate of drug-likeness (QED) is 0.869. The van der Waals surface area contributed by atoms with E-state index in [1.807, 2.05) is 0 Å². The molecule has 1 heterocycles. The molecule has 1 aromatic heterocycles. The summed E-state index contributed by atoms with van der Waals surface area (Å²) in [5.41, 5.74) is 3.89. The highest BCUT2D eigenvalue weighted by atomic mass is 15.3. The van der Waals surface area contributed by atoms with Gasteiger partial charge in [-0.15, -0.1) is 0 Å². The van der Waals surface area contributed by atoms with Crippen molar-refractivity contribution in [1.29, 1.82) is 0 Å². The van der Waals surface area contributed by atoms with Crippen molar-refractivity contribution in [3.05, 3.63) is 17.0 Å². The second-order valence-corrected chi connectivity index (χ2v) is 5.36. The van der Waals surface area contributed by atoms with Crippen LogP contribution in [0.1, 0.15) is 55.6 Å². The Balaban J connectivity index is 2.02. The van der Waals surface area contributed by atoms with Gasteiger partial charge in [-0.2, -0.15) is 5.10 Å². The minimum absolute atomic E-state index is 0.608. The van der Waals surface area contributed by atoms with Gasteiger partial charge < -0.3 is 5.32 Å². The van der Waals surface area contributed by atoms with Crippen LogP contribution in [0.5, 0.6) is 0 Å². The fraction of sp³-hybridized carbons (Fsp3) is 0.786. The van der Waals surface area contributed by atoms with Crippen LogP contribution in [0.3, 0.4) is 0 Å². The van der Waals surface area contributed by atoms with Crippen LogP contribution in [0.2, 0.25) is 0 Å². The minimum atomic E-state index is 0.608. The Hall–Kier alpha value is -0.830. The summed E-state index contributed by atoms with van der Waals surface area (Å²) in [6.45, 7) is 9.86. The molecule has 2 unspecified atom stereocenters. The van der Waals surface area contributed by atoms with Gasteiger partial charge in [-0.1, -0.05) is 6.92 Å². The molecule has 0 bridgehead atoms. The standard InChI is InChI=1S/C14H25N3/c1-5-8-15-13-6-7-14(9-13)17-12(4)10(2)11(3)16-17/h13-15H,5-9H2,1-4H3. The predicted octanol–water partition coefficient (Wildman–Crippen LogP) is 2.90. The molecule has 2 rings (SSSR count). The molecular formula is C14H25N3. The van der Waals surface area contributed by atoms with Gasteiger partial charge in [-0.3, -0.25) is 4.68 Å². The Morgan fingerprint density at radius 3 is 2.65 bits per heavy atom. The molecule has 2 atom stereocenters. The fourth-order valence-corrected chi connectivity index (χ4v) is 2.81. The highest BCUT2D eigenvalue weighted by Gasteiger charge is 2.27. The highest BCUT2D eigenvalue weighted by molar-refractivity contribution is 5.22. The first-order chi connectivity index (χ1) is 8.13. The van der Waals surface area contributed by atoms with Gasteiger partial charge in [0.05, 0.1) is 11.7 Å². The maximum Gasteiger partial charge on any atom is 0.0625 e. The van der Waals surface area contributed by atoms with E-state index < -0.39 is 0 Å². The van der Waals surface area contributed by atoms with Gasteiger partial charge >= 0.3 is 0 Å². The van der Waals surface area contributed by atoms with Gasteiger partial charge in [-0.25, -0.2) is 0 Å². The molecule has 0 aliphatic heterocycles. The maximum atomic E-state index is 4.70. The van der Waals surface area contributed by atoms with E-state index in [1.54, 1.807) is 0 Å². The molecule has 0 spiro atoms. The van der Waals surface area contributed by atoms with E-state index in [0.717, 1.165) is 6.54 Å². The molecule has 1 fully saturated rings. The Morgan fingerprint density at radius 2 is 2.06 bits per heavy atom. The summed E-state index contributed by atoms with van der Waals surface area (Å²) in [7, 11) is 0. The molecule has 1 saturated carbocycles. The van der Waals surface area contributed by atoms with Gasteiger partial charge in [0.2, 0.25) is 0 Å². The number of nitrogens with one attached hydrogen (secondary N) is 1. The highest BCUT2D eigenvalue weighted by Crippen LogP contribution is 2.31. The molecule has 1 N–H and O–H groups in total. The van der Waals surface area contributed by atoms with Crippen LogP contribution in [0.25, 0.3) is 0 Å². The second kappa shape index (κ2) is 5.21.